The first kappa shape index (κ1) is 19.1. The summed E-state index contributed by atoms with van der Waals surface area (Å²) in [6.07, 6.45) is 0. The number of methoxy groups -OCH3 is 2. The van der Waals surface area contributed by atoms with Crippen LogP contribution < -0.4 is 18.9 Å². The summed E-state index contributed by atoms with van der Waals surface area (Å²) in [6, 6.07) is 8.90. The van der Waals surface area contributed by atoms with Crippen LogP contribution in [0.5, 0.6) is 23.0 Å². The van der Waals surface area contributed by atoms with Gasteiger partial charge in [-0.15, -0.1) is 0 Å². The van der Waals surface area contributed by atoms with Crippen molar-refractivity contribution in [2.24, 2.45) is 0 Å². The Morgan fingerprint density at radius 2 is 1.32 bits per heavy atom. The number of hydrogen-bond acceptors (Lipinski definition) is 6. The van der Waals surface area contributed by atoms with Crippen molar-refractivity contribution >= 4 is 23.1 Å². The smallest absolute Gasteiger partial charge is 0.337 e. The summed E-state index contributed by atoms with van der Waals surface area (Å²) in [7, 11) is 2.86. The average molecular weight is 386 g/mol. The third-order valence-corrected chi connectivity index (χ3v) is 4.18. The zero-order chi connectivity index (χ0) is 20.3. The van der Waals surface area contributed by atoms with Crippen molar-refractivity contribution in [2.45, 2.75) is 0 Å². The fourth-order valence-electron chi connectivity index (χ4n) is 2.94. The molecule has 1 heterocycles. The Labute approximate surface area is 160 Å². The topological polar surface area (TPSA) is 112 Å². The van der Waals surface area contributed by atoms with Crippen molar-refractivity contribution < 1.29 is 38.7 Å². The van der Waals surface area contributed by atoms with Crippen molar-refractivity contribution in [3.63, 3.8) is 0 Å². The highest BCUT2D eigenvalue weighted by atomic mass is 16.6. The second kappa shape index (κ2) is 7.91. The minimum Gasteiger partial charge on any atom is -0.493 e. The Kier molecular flexibility index (Phi) is 5.39. The lowest BCUT2D eigenvalue weighted by Crippen LogP contribution is -2.16. The zero-order valence-corrected chi connectivity index (χ0v) is 15.2. The van der Waals surface area contributed by atoms with Crippen LogP contribution in [0.3, 0.4) is 0 Å². The van der Waals surface area contributed by atoms with E-state index in [-0.39, 0.29) is 28.0 Å². The predicted molar refractivity (Wildman–Crippen MR) is 99.1 cm³/mol. The third kappa shape index (κ3) is 3.57. The molecule has 0 saturated carbocycles. The molecule has 0 unspecified atom stereocenters. The van der Waals surface area contributed by atoms with Crippen LogP contribution in [0.4, 0.5) is 0 Å². The molecule has 1 aliphatic rings. The first-order valence-corrected chi connectivity index (χ1v) is 8.29. The highest BCUT2D eigenvalue weighted by molar-refractivity contribution is 6.36. The van der Waals surface area contributed by atoms with E-state index in [1.165, 1.54) is 44.6 Å². The van der Waals surface area contributed by atoms with Crippen LogP contribution in [0.2, 0.25) is 0 Å². The van der Waals surface area contributed by atoms with E-state index in [2.05, 4.69) is 0 Å². The van der Waals surface area contributed by atoms with Crippen LogP contribution >= 0.6 is 0 Å². The Morgan fingerprint density at radius 3 is 1.89 bits per heavy atom. The standard InChI is InChI=1S/C20H18O8/c1-25-13-5-3-11(9-15(13)26-2)17(19(21)22)18(20(23)24)12-4-6-14-16(10-12)28-8-7-27-14/h3-6,9-10H,7-8H2,1-2H3,(H,21,22)(H,23,24). The summed E-state index contributed by atoms with van der Waals surface area (Å²) >= 11 is 0. The van der Waals surface area contributed by atoms with Gasteiger partial charge >= 0.3 is 11.9 Å². The molecule has 1 aliphatic heterocycles. The number of carbonyl (C=O) groups is 2. The van der Waals surface area contributed by atoms with Gasteiger partial charge in [0.05, 0.1) is 25.4 Å². The van der Waals surface area contributed by atoms with Crippen LogP contribution in [0.1, 0.15) is 11.1 Å². The summed E-state index contributed by atoms with van der Waals surface area (Å²) < 4.78 is 21.3. The monoisotopic (exact) mass is 386 g/mol. The van der Waals surface area contributed by atoms with Crippen molar-refractivity contribution in [3.05, 3.63) is 47.5 Å². The fourth-order valence-corrected chi connectivity index (χ4v) is 2.94. The molecule has 2 aromatic carbocycles. The minimum atomic E-state index is -1.39. The van der Waals surface area contributed by atoms with Crippen molar-refractivity contribution in [3.8, 4) is 23.0 Å². The largest absolute Gasteiger partial charge is 0.493 e. The number of aliphatic carboxylic acids is 2. The molecule has 28 heavy (non-hydrogen) atoms. The van der Waals surface area contributed by atoms with Gasteiger partial charge in [0.1, 0.15) is 13.2 Å². The summed E-state index contributed by atoms with van der Waals surface area (Å²) in [6.45, 7) is 0.712. The molecule has 8 nitrogen and oxygen atoms in total. The van der Waals surface area contributed by atoms with E-state index in [9.17, 15) is 19.8 Å². The van der Waals surface area contributed by atoms with Gasteiger partial charge in [-0.1, -0.05) is 12.1 Å². The van der Waals surface area contributed by atoms with Crippen LogP contribution in [0.15, 0.2) is 36.4 Å². The van der Waals surface area contributed by atoms with E-state index in [4.69, 9.17) is 18.9 Å². The lowest BCUT2D eigenvalue weighted by Gasteiger charge is -2.19. The molecule has 8 heteroatoms. The Morgan fingerprint density at radius 1 is 0.786 bits per heavy atom. The molecule has 0 amide bonds. The Bertz CT molecular complexity index is 901. The molecular formula is C20H18O8. The lowest BCUT2D eigenvalue weighted by atomic mass is 9.94. The van der Waals surface area contributed by atoms with Gasteiger partial charge in [0.25, 0.3) is 0 Å². The van der Waals surface area contributed by atoms with Crippen molar-refractivity contribution in [2.75, 3.05) is 27.4 Å². The molecule has 0 aromatic heterocycles. The Balaban J connectivity index is 2.22. The van der Waals surface area contributed by atoms with Gasteiger partial charge in [-0.05, 0) is 35.4 Å². The minimum absolute atomic E-state index is 0.164. The maximum Gasteiger partial charge on any atom is 0.337 e. The van der Waals surface area contributed by atoms with Gasteiger partial charge in [-0.3, -0.25) is 0 Å². The first-order chi connectivity index (χ1) is 13.5. The maximum absolute atomic E-state index is 12.0. The van der Waals surface area contributed by atoms with E-state index in [1.54, 1.807) is 6.07 Å². The van der Waals surface area contributed by atoms with Crippen molar-refractivity contribution in [1.82, 2.24) is 0 Å². The molecule has 0 saturated heterocycles. The molecule has 0 bridgehead atoms. The van der Waals surface area contributed by atoms with Gasteiger partial charge in [-0.25, -0.2) is 9.59 Å². The highest BCUT2D eigenvalue weighted by Crippen LogP contribution is 2.37. The molecule has 146 valence electrons. The maximum atomic E-state index is 12.0. The summed E-state index contributed by atoms with van der Waals surface area (Å²) in [5, 5.41) is 19.6. The van der Waals surface area contributed by atoms with Crippen molar-refractivity contribution in [1.29, 1.82) is 0 Å². The number of ether oxygens (including phenoxy) is 4. The van der Waals surface area contributed by atoms with E-state index >= 15 is 0 Å². The predicted octanol–water partition coefficient (Wildman–Crippen LogP) is 2.56. The highest BCUT2D eigenvalue weighted by Gasteiger charge is 2.26. The average Bonchev–Trinajstić information content (AvgIpc) is 2.70. The third-order valence-electron chi connectivity index (χ3n) is 4.18. The molecule has 0 aliphatic carbocycles. The number of hydrogen-bond donors (Lipinski definition) is 2. The molecule has 0 radical (unpaired) electrons. The first-order valence-electron chi connectivity index (χ1n) is 8.29. The Hall–Kier alpha value is -3.68. The van der Waals surface area contributed by atoms with E-state index in [0.717, 1.165) is 0 Å². The lowest BCUT2D eigenvalue weighted by molar-refractivity contribution is -0.132. The molecule has 0 spiro atoms. The van der Waals surface area contributed by atoms with Gasteiger partial charge in [0.2, 0.25) is 0 Å². The van der Waals surface area contributed by atoms with Crippen LogP contribution in [-0.2, 0) is 9.59 Å². The normalized spacial score (nSPS) is 13.4. The number of fused-ring (bicyclic) bond motifs is 1. The fraction of sp³-hybridized carbons (Fsp3) is 0.200. The molecule has 0 fully saturated rings. The molecule has 3 rings (SSSR count). The second-order valence-corrected chi connectivity index (χ2v) is 5.79. The van der Waals surface area contributed by atoms with Crippen LogP contribution in [0, 0.1) is 0 Å². The van der Waals surface area contributed by atoms with Crippen LogP contribution in [-0.4, -0.2) is 49.6 Å². The van der Waals surface area contributed by atoms with Gasteiger partial charge in [0.15, 0.2) is 23.0 Å². The second-order valence-electron chi connectivity index (χ2n) is 5.79. The molecule has 0 atom stereocenters. The SMILES string of the molecule is COc1ccc(C(C(=O)O)=C(C(=O)O)c2ccc3c(c2)OCCO3)cc1OC. The van der Waals surface area contributed by atoms with Gasteiger partial charge in [-0.2, -0.15) is 0 Å². The van der Waals surface area contributed by atoms with E-state index in [1.807, 2.05) is 0 Å². The number of rotatable bonds is 6. The zero-order valence-electron chi connectivity index (χ0n) is 15.2. The summed E-state index contributed by atoms with van der Waals surface area (Å²) in [4.78, 5) is 24.0. The molecule has 2 aromatic rings. The summed E-state index contributed by atoms with van der Waals surface area (Å²) in [5.74, 6) is -1.26. The van der Waals surface area contributed by atoms with Gasteiger partial charge < -0.3 is 29.2 Å². The molecular weight excluding hydrogens is 368 g/mol. The van der Waals surface area contributed by atoms with Gasteiger partial charge in [0, 0.05) is 0 Å². The summed E-state index contributed by atoms with van der Waals surface area (Å²) in [5.41, 5.74) is -0.414. The van der Waals surface area contributed by atoms with E-state index < -0.39 is 11.9 Å². The number of carboxylic acids is 2. The number of carboxylic acid groups (broad SMARTS) is 2. The number of benzene rings is 2. The van der Waals surface area contributed by atoms with E-state index in [0.29, 0.717) is 30.5 Å². The quantitative estimate of drug-likeness (QED) is 0.576. The molecule has 2 N–H and O–H groups in total. The van der Waals surface area contributed by atoms with Crippen LogP contribution in [0.25, 0.3) is 11.1 Å².